The minimum absolute atomic E-state index is 0. The van der Waals surface area contributed by atoms with Gasteiger partial charge in [0.2, 0.25) is 5.91 Å². The molecule has 0 saturated carbocycles. The Hall–Kier alpha value is -0.850. The standard InChI is InChI=1S/C19H30N4O.2ClH/c1-16-12-20-8-11-23(16)15-19(24)21-13-17-4-6-18(7-5-17)14-22-9-2-3-10-22;;/h4-7,16,20H,2-3,8-15H2,1H3,(H,21,24);2*1H/t16-;;/m0../s1. The highest BCUT2D eigenvalue weighted by Crippen LogP contribution is 2.13. The van der Waals surface area contributed by atoms with Crippen LogP contribution in [-0.4, -0.2) is 61.0 Å². The molecule has 2 aliphatic heterocycles. The Labute approximate surface area is 169 Å². The zero-order chi connectivity index (χ0) is 16.8. The van der Waals surface area contributed by atoms with Gasteiger partial charge in [0.15, 0.2) is 0 Å². The van der Waals surface area contributed by atoms with E-state index in [1.54, 1.807) is 0 Å². The maximum absolute atomic E-state index is 12.1. The van der Waals surface area contributed by atoms with E-state index >= 15 is 0 Å². The van der Waals surface area contributed by atoms with E-state index in [1.165, 1.54) is 37.1 Å². The van der Waals surface area contributed by atoms with Crippen molar-refractivity contribution in [3.63, 3.8) is 0 Å². The lowest BCUT2D eigenvalue weighted by molar-refractivity contribution is -0.123. The number of carbonyl (C=O) groups excluding carboxylic acids is 1. The van der Waals surface area contributed by atoms with Crippen LogP contribution >= 0.6 is 24.8 Å². The average Bonchev–Trinajstić information content (AvgIpc) is 3.09. The second-order valence-electron chi connectivity index (χ2n) is 7.10. The minimum Gasteiger partial charge on any atom is -0.351 e. The van der Waals surface area contributed by atoms with Gasteiger partial charge >= 0.3 is 0 Å². The van der Waals surface area contributed by atoms with Gasteiger partial charge < -0.3 is 10.6 Å². The Balaban J connectivity index is 0.00000169. The van der Waals surface area contributed by atoms with Crippen LogP contribution in [0.4, 0.5) is 0 Å². The van der Waals surface area contributed by atoms with Crippen molar-refractivity contribution in [1.82, 2.24) is 20.4 Å². The van der Waals surface area contributed by atoms with E-state index in [4.69, 9.17) is 0 Å². The molecule has 1 atom stereocenters. The molecule has 0 aliphatic carbocycles. The van der Waals surface area contributed by atoms with Gasteiger partial charge in [-0.15, -0.1) is 24.8 Å². The zero-order valence-electron chi connectivity index (χ0n) is 15.6. The third-order valence-electron chi connectivity index (χ3n) is 5.10. The van der Waals surface area contributed by atoms with E-state index in [1.807, 2.05) is 0 Å². The highest BCUT2D eigenvalue weighted by Gasteiger charge is 2.19. The monoisotopic (exact) mass is 402 g/mol. The number of nitrogens with one attached hydrogen (secondary N) is 2. The van der Waals surface area contributed by atoms with E-state index in [9.17, 15) is 4.79 Å². The predicted octanol–water partition coefficient (Wildman–Crippen LogP) is 2.04. The molecule has 7 heteroatoms. The van der Waals surface area contributed by atoms with Crippen molar-refractivity contribution in [1.29, 1.82) is 0 Å². The summed E-state index contributed by atoms with van der Waals surface area (Å²) in [5.74, 6) is 0.116. The Kier molecular flexibility index (Phi) is 10.5. The molecule has 0 spiro atoms. The quantitative estimate of drug-likeness (QED) is 0.763. The highest BCUT2D eigenvalue weighted by atomic mass is 35.5. The number of nitrogens with zero attached hydrogens (tertiary/aromatic N) is 2. The fourth-order valence-corrected chi connectivity index (χ4v) is 3.52. The summed E-state index contributed by atoms with van der Waals surface area (Å²) in [4.78, 5) is 16.9. The molecule has 1 aromatic carbocycles. The van der Waals surface area contributed by atoms with Crippen LogP contribution in [0.3, 0.4) is 0 Å². The normalized spacial score (nSPS) is 20.9. The predicted molar refractivity (Wildman–Crippen MR) is 111 cm³/mol. The van der Waals surface area contributed by atoms with Crippen molar-refractivity contribution in [3.8, 4) is 0 Å². The molecule has 1 aromatic rings. The SMILES string of the molecule is C[C@H]1CNCCN1CC(=O)NCc1ccc(CN2CCCC2)cc1.Cl.Cl. The topological polar surface area (TPSA) is 47.6 Å². The molecule has 2 heterocycles. The third kappa shape index (κ3) is 7.05. The van der Waals surface area contributed by atoms with Crippen molar-refractivity contribution in [2.45, 2.75) is 38.9 Å². The van der Waals surface area contributed by atoms with E-state index in [2.05, 4.69) is 51.6 Å². The first kappa shape index (κ1) is 23.2. The number of hydrogen-bond acceptors (Lipinski definition) is 4. The van der Waals surface area contributed by atoms with Crippen molar-refractivity contribution in [2.75, 3.05) is 39.3 Å². The van der Waals surface area contributed by atoms with Gasteiger partial charge in [-0.25, -0.2) is 0 Å². The van der Waals surface area contributed by atoms with Crippen LogP contribution < -0.4 is 10.6 Å². The molecule has 0 bridgehead atoms. The average molecular weight is 403 g/mol. The first-order valence-corrected chi connectivity index (χ1v) is 9.22. The molecular formula is C19H32Cl2N4O. The molecule has 148 valence electrons. The van der Waals surface area contributed by atoms with Crippen LogP contribution in [0.2, 0.25) is 0 Å². The molecule has 5 nitrogen and oxygen atoms in total. The van der Waals surface area contributed by atoms with Gasteiger partial charge in [0.1, 0.15) is 0 Å². The summed E-state index contributed by atoms with van der Waals surface area (Å²) in [7, 11) is 0. The lowest BCUT2D eigenvalue weighted by Gasteiger charge is -2.33. The largest absolute Gasteiger partial charge is 0.351 e. The van der Waals surface area contributed by atoms with Gasteiger partial charge in [-0.2, -0.15) is 0 Å². The van der Waals surface area contributed by atoms with Crippen molar-refractivity contribution in [2.24, 2.45) is 0 Å². The lowest BCUT2D eigenvalue weighted by Crippen LogP contribution is -2.52. The zero-order valence-corrected chi connectivity index (χ0v) is 17.2. The minimum atomic E-state index is 0. The Morgan fingerprint density at radius 1 is 1.12 bits per heavy atom. The Bertz CT molecular complexity index is 535. The summed E-state index contributed by atoms with van der Waals surface area (Å²) < 4.78 is 0. The maximum atomic E-state index is 12.1. The van der Waals surface area contributed by atoms with Crippen molar-refractivity contribution >= 4 is 30.7 Å². The summed E-state index contributed by atoms with van der Waals surface area (Å²) in [6.07, 6.45) is 2.66. The summed E-state index contributed by atoms with van der Waals surface area (Å²) in [5.41, 5.74) is 2.53. The smallest absolute Gasteiger partial charge is 0.234 e. The number of carbonyl (C=O) groups is 1. The summed E-state index contributed by atoms with van der Waals surface area (Å²) >= 11 is 0. The van der Waals surface area contributed by atoms with Gasteiger partial charge in [-0.1, -0.05) is 24.3 Å². The molecule has 0 aromatic heterocycles. The van der Waals surface area contributed by atoms with Crippen LogP contribution in [0.1, 0.15) is 30.9 Å². The molecule has 2 N–H and O–H groups in total. The fraction of sp³-hybridized carbons (Fsp3) is 0.632. The number of halogens is 2. The van der Waals surface area contributed by atoms with Gasteiger partial charge in [0.25, 0.3) is 0 Å². The summed E-state index contributed by atoms with van der Waals surface area (Å²) in [5, 5.41) is 6.40. The molecule has 3 rings (SSSR count). The van der Waals surface area contributed by atoms with Crippen molar-refractivity contribution in [3.05, 3.63) is 35.4 Å². The number of benzene rings is 1. The van der Waals surface area contributed by atoms with Gasteiger partial charge in [-0.05, 0) is 44.0 Å². The Morgan fingerprint density at radius 3 is 2.42 bits per heavy atom. The van der Waals surface area contributed by atoms with E-state index < -0.39 is 0 Å². The number of hydrogen-bond donors (Lipinski definition) is 2. The van der Waals surface area contributed by atoms with Crippen LogP contribution in [0.15, 0.2) is 24.3 Å². The molecule has 26 heavy (non-hydrogen) atoms. The van der Waals surface area contributed by atoms with E-state index in [0.29, 0.717) is 19.1 Å². The number of likely N-dealkylation sites (tertiary alicyclic amines) is 1. The van der Waals surface area contributed by atoms with Crippen LogP contribution in [0.25, 0.3) is 0 Å². The second kappa shape index (κ2) is 11.8. The van der Waals surface area contributed by atoms with Crippen LogP contribution in [0, 0.1) is 0 Å². The first-order valence-electron chi connectivity index (χ1n) is 9.22. The molecule has 2 aliphatic rings. The van der Waals surface area contributed by atoms with Crippen LogP contribution in [0.5, 0.6) is 0 Å². The number of piperazine rings is 1. The van der Waals surface area contributed by atoms with Gasteiger partial charge in [-0.3, -0.25) is 14.6 Å². The second-order valence-corrected chi connectivity index (χ2v) is 7.10. The number of rotatable bonds is 6. The van der Waals surface area contributed by atoms with E-state index in [0.717, 1.165) is 26.2 Å². The highest BCUT2D eigenvalue weighted by molar-refractivity contribution is 5.85. The van der Waals surface area contributed by atoms with E-state index in [-0.39, 0.29) is 30.7 Å². The first-order chi connectivity index (χ1) is 11.7. The number of amides is 1. The third-order valence-corrected chi connectivity index (χ3v) is 5.10. The lowest BCUT2D eigenvalue weighted by atomic mass is 10.1. The summed E-state index contributed by atoms with van der Waals surface area (Å²) in [6, 6.07) is 9.09. The van der Waals surface area contributed by atoms with Gasteiger partial charge in [0.05, 0.1) is 6.54 Å². The molecular weight excluding hydrogens is 371 g/mol. The Morgan fingerprint density at radius 2 is 1.77 bits per heavy atom. The maximum Gasteiger partial charge on any atom is 0.234 e. The fourth-order valence-electron chi connectivity index (χ4n) is 3.52. The molecule has 0 unspecified atom stereocenters. The molecule has 2 saturated heterocycles. The molecule has 0 radical (unpaired) electrons. The van der Waals surface area contributed by atoms with Gasteiger partial charge in [0, 0.05) is 38.8 Å². The summed E-state index contributed by atoms with van der Waals surface area (Å²) in [6.45, 7) is 9.65. The van der Waals surface area contributed by atoms with Crippen LogP contribution in [-0.2, 0) is 17.9 Å². The molecule has 1 amide bonds. The van der Waals surface area contributed by atoms with Crippen molar-refractivity contribution < 1.29 is 4.79 Å². The molecule has 2 fully saturated rings.